The van der Waals surface area contributed by atoms with Crippen molar-refractivity contribution < 1.29 is 19.5 Å². The summed E-state index contributed by atoms with van der Waals surface area (Å²) in [6.07, 6.45) is 0.891. The van der Waals surface area contributed by atoms with E-state index >= 15 is 0 Å². The molecule has 0 aromatic carbocycles. The van der Waals surface area contributed by atoms with Crippen molar-refractivity contribution in [3.05, 3.63) is 0 Å². The van der Waals surface area contributed by atoms with Crippen molar-refractivity contribution in [2.75, 3.05) is 19.6 Å². The molecule has 1 heterocycles. The first-order valence-corrected chi connectivity index (χ1v) is 6.86. The topological polar surface area (TPSA) is 86.7 Å². The zero-order valence-corrected chi connectivity index (χ0v) is 12.7. The molecule has 20 heavy (non-hydrogen) atoms. The van der Waals surface area contributed by atoms with E-state index in [1.165, 1.54) is 0 Å². The van der Waals surface area contributed by atoms with Crippen LogP contribution in [0.2, 0.25) is 0 Å². The normalized spacial score (nSPS) is 18.5. The molecule has 2 amide bonds. The minimum absolute atomic E-state index is 0.0279. The molecule has 2 N–H and O–H groups in total. The molecule has 0 aliphatic carbocycles. The summed E-state index contributed by atoms with van der Waals surface area (Å²) in [6.45, 7) is 7.88. The van der Waals surface area contributed by atoms with E-state index in [4.69, 9.17) is 5.11 Å². The molecule has 6 nitrogen and oxygen atoms in total. The van der Waals surface area contributed by atoms with Crippen molar-refractivity contribution in [1.82, 2.24) is 10.2 Å². The highest BCUT2D eigenvalue weighted by atomic mass is 16.4. The van der Waals surface area contributed by atoms with Crippen LogP contribution in [0.25, 0.3) is 0 Å². The summed E-state index contributed by atoms with van der Waals surface area (Å²) in [4.78, 5) is 36.4. The number of carbonyl (C=O) groups is 3. The van der Waals surface area contributed by atoms with Gasteiger partial charge in [-0.15, -0.1) is 0 Å². The Kier molecular flexibility index (Phi) is 4.78. The fraction of sp³-hybridized carbons (Fsp3) is 0.786. The third-order valence-corrected chi connectivity index (χ3v) is 3.82. The van der Waals surface area contributed by atoms with E-state index in [9.17, 15) is 14.4 Å². The summed E-state index contributed by atoms with van der Waals surface area (Å²) < 4.78 is 0. The Morgan fingerprint density at radius 1 is 1.20 bits per heavy atom. The number of likely N-dealkylation sites (tertiary alicyclic amines) is 1. The van der Waals surface area contributed by atoms with E-state index in [0.29, 0.717) is 25.9 Å². The van der Waals surface area contributed by atoms with Crippen molar-refractivity contribution in [2.24, 2.45) is 10.8 Å². The van der Waals surface area contributed by atoms with E-state index in [2.05, 4.69) is 5.32 Å². The van der Waals surface area contributed by atoms with Crippen LogP contribution in [-0.4, -0.2) is 47.4 Å². The van der Waals surface area contributed by atoms with Crippen molar-refractivity contribution >= 4 is 17.8 Å². The average molecular weight is 284 g/mol. The summed E-state index contributed by atoms with van der Waals surface area (Å²) in [7, 11) is 0. The predicted molar refractivity (Wildman–Crippen MR) is 74.0 cm³/mol. The molecule has 1 rings (SSSR count). The van der Waals surface area contributed by atoms with Crippen LogP contribution in [0, 0.1) is 10.8 Å². The lowest BCUT2D eigenvalue weighted by molar-refractivity contribution is -0.152. The number of carboxylic acid groups (broad SMARTS) is 1. The van der Waals surface area contributed by atoms with Crippen molar-refractivity contribution in [3.8, 4) is 0 Å². The molecule has 0 aromatic rings. The quantitative estimate of drug-likeness (QED) is 0.805. The molecule has 0 spiro atoms. The lowest BCUT2D eigenvalue weighted by atomic mass is 9.80. The van der Waals surface area contributed by atoms with Gasteiger partial charge in [0.2, 0.25) is 11.8 Å². The third-order valence-electron chi connectivity index (χ3n) is 3.82. The number of hydrogen-bond donors (Lipinski definition) is 2. The number of piperidine rings is 1. The smallest absolute Gasteiger partial charge is 0.309 e. The number of nitrogens with zero attached hydrogens (tertiary/aromatic N) is 1. The van der Waals surface area contributed by atoms with Gasteiger partial charge in [-0.1, -0.05) is 20.8 Å². The standard InChI is InChI=1S/C14H24N2O4/c1-13(2,3)11(18)15-9-10(17)16-7-5-14(4,6-8-16)12(19)20/h5-9H2,1-4H3,(H,15,18)(H,19,20). The van der Waals surface area contributed by atoms with Crippen LogP contribution < -0.4 is 5.32 Å². The van der Waals surface area contributed by atoms with Crippen molar-refractivity contribution in [3.63, 3.8) is 0 Å². The second kappa shape index (κ2) is 5.81. The maximum Gasteiger partial charge on any atom is 0.309 e. The largest absolute Gasteiger partial charge is 0.481 e. The molecule has 1 aliphatic rings. The molecule has 1 saturated heterocycles. The number of amides is 2. The molecule has 0 aromatic heterocycles. The van der Waals surface area contributed by atoms with E-state index in [-0.39, 0.29) is 18.4 Å². The first-order chi connectivity index (χ1) is 9.06. The Morgan fingerprint density at radius 3 is 2.10 bits per heavy atom. The van der Waals surface area contributed by atoms with Crippen molar-refractivity contribution in [1.29, 1.82) is 0 Å². The van der Waals surface area contributed by atoms with Gasteiger partial charge in [-0.3, -0.25) is 14.4 Å². The fourth-order valence-electron chi connectivity index (χ4n) is 2.00. The molecule has 1 aliphatic heterocycles. The van der Waals surface area contributed by atoms with E-state index in [0.717, 1.165) is 0 Å². The van der Waals surface area contributed by atoms with Crippen LogP contribution in [-0.2, 0) is 14.4 Å². The van der Waals surface area contributed by atoms with Gasteiger partial charge in [0.15, 0.2) is 0 Å². The van der Waals surface area contributed by atoms with Crippen LogP contribution in [0.5, 0.6) is 0 Å². The Balaban J connectivity index is 2.44. The van der Waals surface area contributed by atoms with Crippen molar-refractivity contribution in [2.45, 2.75) is 40.5 Å². The predicted octanol–water partition coefficient (Wildman–Crippen LogP) is 0.862. The number of aliphatic carboxylic acids is 1. The molecule has 0 unspecified atom stereocenters. The maximum absolute atomic E-state index is 12.0. The van der Waals surface area contributed by atoms with Gasteiger partial charge in [0.1, 0.15) is 0 Å². The van der Waals surface area contributed by atoms with Crippen LogP contribution in [0.3, 0.4) is 0 Å². The van der Waals surface area contributed by atoms with Gasteiger partial charge in [0.25, 0.3) is 0 Å². The highest BCUT2D eigenvalue weighted by molar-refractivity contribution is 5.87. The number of hydrogen-bond acceptors (Lipinski definition) is 3. The third kappa shape index (κ3) is 3.95. The van der Waals surface area contributed by atoms with E-state index < -0.39 is 16.8 Å². The van der Waals surface area contributed by atoms with Gasteiger partial charge < -0.3 is 15.3 Å². The summed E-state index contributed by atoms with van der Waals surface area (Å²) in [5, 5.41) is 11.7. The number of nitrogens with one attached hydrogen (secondary N) is 1. The Labute approximate surface area is 119 Å². The molecule has 114 valence electrons. The van der Waals surface area contributed by atoms with Gasteiger partial charge in [0.05, 0.1) is 12.0 Å². The molecule has 0 radical (unpaired) electrons. The maximum atomic E-state index is 12.0. The Bertz CT molecular complexity index is 404. The fourth-order valence-corrected chi connectivity index (χ4v) is 2.00. The SMILES string of the molecule is CC(C)(C)C(=O)NCC(=O)N1CCC(C)(C(=O)O)CC1. The summed E-state index contributed by atoms with van der Waals surface area (Å²) in [5.41, 5.74) is -1.27. The molecular weight excluding hydrogens is 260 g/mol. The highest BCUT2D eigenvalue weighted by Gasteiger charge is 2.38. The van der Waals surface area contributed by atoms with Gasteiger partial charge in [-0.25, -0.2) is 0 Å². The monoisotopic (exact) mass is 284 g/mol. The molecule has 6 heteroatoms. The van der Waals surface area contributed by atoms with Gasteiger partial charge in [0, 0.05) is 18.5 Å². The van der Waals surface area contributed by atoms with Crippen LogP contribution in [0.15, 0.2) is 0 Å². The second-order valence-corrected chi connectivity index (χ2v) is 6.68. The minimum Gasteiger partial charge on any atom is -0.481 e. The van der Waals surface area contributed by atoms with E-state index in [1.54, 1.807) is 32.6 Å². The summed E-state index contributed by atoms with van der Waals surface area (Å²) >= 11 is 0. The molecular formula is C14H24N2O4. The van der Waals surface area contributed by atoms with E-state index in [1.807, 2.05) is 0 Å². The lowest BCUT2D eigenvalue weighted by Crippen LogP contribution is -2.49. The lowest BCUT2D eigenvalue weighted by Gasteiger charge is -2.36. The number of carboxylic acids is 1. The molecule has 1 fully saturated rings. The first kappa shape index (κ1) is 16.5. The average Bonchev–Trinajstić information content (AvgIpc) is 2.35. The summed E-state index contributed by atoms with van der Waals surface area (Å²) in [6, 6.07) is 0. The summed E-state index contributed by atoms with van der Waals surface area (Å²) in [5.74, 6) is -1.14. The Morgan fingerprint density at radius 2 is 1.70 bits per heavy atom. The highest BCUT2D eigenvalue weighted by Crippen LogP contribution is 2.30. The molecule has 0 bridgehead atoms. The van der Waals surface area contributed by atoms with Crippen LogP contribution >= 0.6 is 0 Å². The molecule has 0 saturated carbocycles. The molecule has 0 atom stereocenters. The zero-order chi connectivity index (χ0) is 15.6. The van der Waals surface area contributed by atoms with Gasteiger partial charge in [-0.2, -0.15) is 0 Å². The van der Waals surface area contributed by atoms with Gasteiger partial charge >= 0.3 is 5.97 Å². The van der Waals surface area contributed by atoms with Gasteiger partial charge in [-0.05, 0) is 19.8 Å². The minimum atomic E-state index is -0.814. The van der Waals surface area contributed by atoms with Crippen LogP contribution in [0.4, 0.5) is 0 Å². The number of rotatable bonds is 3. The van der Waals surface area contributed by atoms with Crippen LogP contribution in [0.1, 0.15) is 40.5 Å². The zero-order valence-electron chi connectivity index (χ0n) is 12.7. The first-order valence-electron chi connectivity index (χ1n) is 6.86. The number of carbonyl (C=O) groups excluding carboxylic acids is 2. The Hall–Kier alpha value is -1.59. The second-order valence-electron chi connectivity index (χ2n) is 6.68.